The van der Waals surface area contributed by atoms with Crippen LogP contribution in [0.4, 0.5) is 0 Å². The van der Waals surface area contributed by atoms with Crippen molar-refractivity contribution in [3.8, 4) is 0 Å². The molecule has 0 aromatic carbocycles. The van der Waals surface area contributed by atoms with Crippen molar-refractivity contribution in [2.75, 3.05) is 0 Å². The Morgan fingerprint density at radius 2 is 2.31 bits per heavy atom. The molecule has 1 amide bonds. The van der Waals surface area contributed by atoms with Gasteiger partial charge in [0, 0.05) is 12.1 Å². The quantitative estimate of drug-likeness (QED) is 0.747. The van der Waals surface area contributed by atoms with Gasteiger partial charge in [-0.25, -0.2) is 5.10 Å². The maximum atomic E-state index is 11.7. The summed E-state index contributed by atoms with van der Waals surface area (Å²) in [6, 6.07) is 2.67. The summed E-state index contributed by atoms with van der Waals surface area (Å²) in [7, 11) is 0. The molecule has 0 aliphatic heterocycles. The first-order valence-electron chi connectivity index (χ1n) is 5.17. The van der Waals surface area contributed by atoms with Crippen LogP contribution < -0.4 is 10.9 Å². The number of halogens is 1. The highest BCUT2D eigenvalue weighted by atomic mass is 35.5. The molecule has 1 heterocycles. The first-order chi connectivity index (χ1) is 7.66. The molecule has 2 N–H and O–H groups in total. The van der Waals surface area contributed by atoms with Crippen molar-refractivity contribution >= 4 is 17.5 Å². The van der Waals surface area contributed by atoms with Crippen LogP contribution in [0, 0.1) is 0 Å². The van der Waals surface area contributed by atoms with Crippen LogP contribution in [0.25, 0.3) is 0 Å². The minimum absolute atomic E-state index is 0.00268. The van der Waals surface area contributed by atoms with Crippen LogP contribution in [0.5, 0.6) is 0 Å². The predicted octanol–water partition coefficient (Wildman–Crippen LogP) is 0.660. The third-order valence-electron chi connectivity index (χ3n) is 2.66. The summed E-state index contributed by atoms with van der Waals surface area (Å²) in [5.74, 6) is -0.297. The first-order valence-corrected chi connectivity index (χ1v) is 5.61. The molecule has 0 bridgehead atoms. The number of nitrogens with zero attached hydrogens (tertiary/aromatic N) is 1. The van der Waals surface area contributed by atoms with Crippen LogP contribution in [0.1, 0.15) is 29.8 Å². The van der Waals surface area contributed by atoms with Crippen LogP contribution in [0.15, 0.2) is 16.9 Å². The molecule has 1 saturated carbocycles. The zero-order valence-electron chi connectivity index (χ0n) is 8.57. The molecule has 0 radical (unpaired) electrons. The molecule has 1 fully saturated rings. The van der Waals surface area contributed by atoms with Crippen LogP contribution in [-0.4, -0.2) is 27.5 Å². The van der Waals surface area contributed by atoms with E-state index in [-0.39, 0.29) is 28.6 Å². The average Bonchev–Trinajstić information content (AvgIpc) is 2.65. The Morgan fingerprint density at radius 1 is 1.50 bits per heavy atom. The minimum Gasteiger partial charge on any atom is -0.346 e. The van der Waals surface area contributed by atoms with Gasteiger partial charge >= 0.3 is 0 Å². The van der Waals surface area contributed by atoms with Gasteiger partial charge in [-0.15, -0.1) is 11.6 Å². The topological polar surface area (TPSA) is 74.8 Å². The average molecular weight is 242 g/mol. The van der Waals surface area contributed by atoms with E-state index in [9.17, 15) is 9.59 Å². The summed E-state index contributed by atoms with van der Waals surface area (Å²) in [5.41, 5.74) is -0.122. The lowest BCUT2D eigenvalue weighted by Gasteiger charge is -2.14. The molecule has 16 heavy (non-hydrogen) atoms. The van der Waals surface area contributed by atoms with Gasteiger partial charge in [-0.2, -0.15) is 5.10 Å². The Labute approximate surface area is 97.2 Å². The fourth-order valence-corrected chi connectivity index (χ4v) is 2.13. The van der Waals surface area contributed by atoms with E-state index >= 15 is 0 Å². The zero-order valence-corrected chi connectivity index (χ0v) is 9.33. The number of rotatable bonds is 2. The Hall–Kier alpha value is -1.36. The van der Waals surface area contributed by atoms with Crippen molar-refractivity contribution in [1.29, 1.82) is 0 Å². The number of carbonyl (C=O) groups excluding carboxylic acids is 1. The molecule has 5 nitrogen and oxygen atoms in total. The van der Waals surface area contributed by atoms with Crippen molar-refractivity contribution < 1.29 is 4.79 Å². The second-order valence-electron chi connectivity index (χ2n) is 3.83. The second kappa shape index (κ2) is 4.65. The van der Waals surface area contributed by atoms with Gasteiger partial charge in [0.2, 0.25) is 0 Å². The monoisotopic (exact) mass is 241 g/mol. The smallest absolute Gasteiger partial charge is 0.271 e. The van der Waals surface area contributed by atoms with Crippen LogP contribution in [-0.2, 0) is 0 Å². The van der Waals surface area contributed by atoms with E-state index in [4.69, 9.17) is 11.6 Å². The highest BCUT2D eigenvalue weighted by molar-refractivity contribution is 6.21. The molecule has 0 spiro atoms. The minimum atomic E-state index is -0.326. The summed E-state index contributed by atoms with van der Waals surface area (Å²) >= 11 is 6.04. The normalized spacial score (nSPS) is 24.3. The van der Waals surface area contributed by atoms with Gasteiger partial charge in [0.15, 0.2) is 0 Å². The molecule has 1 aromatic heterocycles. The van der Waals surface area contributed by atoms with Gasteiger partial charge in [0.05, 0.1) is 5.38 Å². The number of aromatic amines is 1. The number of nitrogens with one attached hydrogen (secondary N) is 2. The molecular weight excluding hydrogens is 230 g/mol. The molecule has 2 rings (SSSR count). The summed E-state index contributed by atoms with van der Waals surface area (Å²) in [6.45, 7) is 0. The van der Waals surface area contributed by atoms with E-state index < -0.39 is 0 Å². The Kier molecular flexibility index (Phi) is 3.24. The van der Waals surface area contributed by atoms with Crippen molar-refractivity contribution in [2.24, 2.45) is 0 Å². The zero-order chi connectivity index (χ0) is 11.5. The van der Waals surface area contributed by atoms with Crippen molar-refractivity contribution in [3.05, 3.63) is 28.2 Å². The lowest BCUT2D eigenvalue weighted by Crippen LogP contribution is -2.38. The van der Waals surface area contributed by atoms with Crippen LogP contribution >= 0.6 is 11.6 Å². The van der Waals surface area contributed by atoms with Gasteiger partial charge < -0.3 is 5.32 Å². The molecule has 1 aromatic rings. The third-order valence-corrected chi connectivity index (χ3v) is 3.18. The maximum Gasteiger partial charge on any atom is 0.271 e. The molecule has 2 atom stereocenters. The SMILES string of the molecule is O=C(NC1CCCC1Cl)c1ccc(=O)[nH]n1. The van der Waals surface area contributed by atoms with Gasteiger partial charge in [0.1, 0.15) is 5.69 Å². The molecule has 0 saturated heterocycles. The van der Waals surface area contributed by atoms with Crippen molar-refractivity contribution in [2.45, 2.75) is 30.7 Å². The number of hydrogen-bond donors (Lipinski definition) is 2. The standard InChI is InChI=1S/C10H12ClN3O2/c11-6-2-1-3-7(6)12-10(16)8-4-5-9(15)14-13-8/h4-7H,1-3H2,(H,12,16)(H,14,15). The van der Waals surface area contributed by atoms with Gasteiger partial charge in [-0.05, 0) is 25.3 Å². The molecular formula is C10H12ClN3O2. The highest BCUT2D eigenvalue weighted by Crippen LogP contribution is 2.24. The first kappa shape index (κ1) is 11.1. The Balaban J connectivity index is 2.02. The fraction of sp³-hybridized carbons (Fsp3) is 0.500. The third kappa shape index (κ3) is 2.41. The lowest BCUT2D eigenvalue weighted by molar-refractivity contribution is 0.0932. The molecule has 1 aliphatic rings. The van der Waals surface area contributed by atoms with E-state index in [1.807, 2.05) is 0 Å². The van der Waals surface area contributed by atoms with Crippen LogP contribution in [0.3, 0.4) is 0 Å². The number of amides is 1. The largest absolute Gasteiger partial charge is 0.346 e. The molecule has 6 heteroatoms. The highest BCUT2D eigenvalue weighted by Gasteiger charge is 2.27. The van der Waals surface area contributed by atoms with E-state index in [1.54, 1.807) is 0 Å². The van der Waals surface area contributed by atoms with Gasteiger partial charge in [-0.1, -0.05) is 0 Å². The number of hydrogen-bond acceptors (Lipinski definition) is 3. The second-order valence-corrected chi connectivity index (χ2v) is 4.39. The van der Waals surface area contributed by atoms with Crippen molar-refractivity contribution in [1.82, 2.24) is 15.5 Å². The predicted molar refractivity (Wildman–Crippen MR) is 59.6 cm³/mol. The van der Waals surface area contributed by atoms with E-state index in [0.717, 1.165) is 19.3 Å². The molecule has 1 aliphatic carbocycles. The number of aromatic nitrogens is 2. The van der Waals surface area contributed by atoms with Gasteiger partial charge in [-0.3, -0.25) is 9.59 Å². The Bertz CT molecular complexity index is 425. The van der Waals surface area contributed by atoms with E-state index in [0.29, 0.717) is 0 Å². The number of alkyl halides is 1. The number of H-pyrrole nitrogens is 1. The van der Waals surface area contributed by atoms with Gasteiger partial charge in [0.25, 0.3) is 11.5 Å². The van der Waals surface area contributed by atoms with Crippen molar-refractivity contribution in [3.63, 3.8) is 0 Å². The molecule has 86 valence electrons. The Morgan fingerprint density at radius 3 is 2.88 bits per heavy atom. The summed E-state index contributed by atoms with van der Waals surface area (Å²) in [4.78, 5) is 22.5. The summed E-state index contributed by atoms with van der Waals surface area (Å²) in [5, 5.41) is 8.67. The van der Waals surface area contributed by atoms with E-state index in [2.05, 4.69) is 15.5 Å². The lowest BCUT2D eigenvalue weighted by atomic mass is 10.2. The fourth-order valence-electron chi connectivity index (χ4n) is 1.79. The summed E-state index contributed by atoms with van der Waals surface area (Å²) in [6.07, 6.45) is 2.84. The summed E-state index contributed by atoms with van der Waals surface area (Å²) < 4.78 is 0. The van der Waals surface area contributed by atoms with E-state index in [1.165, 1.54) is 12.1 Å². The maximum absolute atomic E-state index is 11.7. The molecule has 2 unspecified atom stereocenters. The van der Waals surface area contributed by atoms with Crippen LogP contribution in [0.2, 0.25) is 0 Å². The number of carbonyl (C=O) groups is 1.